The van der Waals surface area contributed by atoms with Crippen molar-refractivity contribution in [2.45, 2.75) is 33.2 Å². The highest BCUT2D eigenvalue weighted by atomic mass is 16.5. The van der Waals surface area contributed by atoms with Crippen LogP contribution >= 0.6 is 0 Å². The van der Waals surface area contributed by atoms with Crippen LogP contribution in [0.15, 0.2) is 24.3 Å². The second-order valence-corrected chi connectivity index (χ2v) is 6.05. The molecule has 0 aliphatic rings. The summed E-state index contributed by atoms with van der Waals surface area (Å²) in [7, 11) is 0. The van der Waals surface area contributed by atoms with Crippen LogP contribution in [0.1, 0.15) is 49.6 Å². The van der Waals surface area contributed by atoms with Crippen LogP contribution in [0.5, 0.6) is 0 Å². The topological polar surface area (TPSA) is 143 Å². The number of imidazole rings is 1. The number of anilines is 2. The summed E-state index contributed by atoms with van der Waals surface area (Å²) >= 11 is 0. The molecule has 0 aliphatic heterocycles. The maximum Gasteiger partial charge on any atom is 0.313 e. The fourth-order valence-electron chi connectivity index (χ4n) is 2.65. The fraction of sp³-hybridized carbons (Fsp3) is 0.316. The van der Waals surface area contributed by atoms with E-state index in [0.717, 1.165) is 11.4 Å². The van der Waals surface area contributed by atoms with Crippen LogP contribution in [0.3, 0.4) is 0 Å². The Morgan fingerprint density at radius 3 is 2.85 bits per heavy atom. The molecule has 1 aromatic carbocycles. The molecule has 0 spiro atoms. The Bertz CT molecular complexity index is 856. The summed E-state index contributed by atoms with van der Waals surface area (Å²) < 4.78 is 4.98. The molecule has 0 amide bonds. The van der Waals surface area contributed by atoms with E-state index in [1.807, 2.05) is 26.0 Å². The normalized spacial score (nSPS) is 12.1. The summed E-state index contributed by atoms with van der Waals surface area (Å²) in [5.74, 6) is 0.179. The Kier molecular flexibility index (Phi) is 6.59. The largest absolute Gasteiger partial charge is 0.466 e. The number of amidine groups is 1. The van der Waals surface area contributed by atoms with Gasteiger partial charge in [0.05, 0.1) is 35.4 Å². The molecular weight excluding hydrogens is 344 g/mol. The number of rotatable bonds is 8. The molecule has 1 aromatic heterocycles. The summed E-state index contributed by atoms with van der Waals surface area (Å²) in [6.45, 7) is 5.95. The van der Waals surface area contributed by atoms with E-state index in [1.54, 1.807) is 25.1 Å². The second kappa shape index (κ2) is 8.88. The maximum atomic E-state index is 11.7. The van der Waals surface area contributed by atoms with E-state index in [0.29, 0.717) is 29.4 Å². The van der Waals surface area contributed by atoms with E-state index < -0.39 is 0 Å². The minimum atomic E-state index is -0.330. The first kappa shape index (κ1) is 20.0. The number of benzene rings is 1. The average Bonchev–Trinajstić information content (AvgIpc) is 2.99. The van der Waals surface area contributed by atoms with Crippen molar-refractivity contribution in [2.24, 2.45) is 5.73 Å². The molecule has 1 unspecified atom stereocenters. The van der Waals surface area contributed by atoms with E-state index in [9.17, 15) is 4.79 Å². The molecule has 8 heteroatoms. The van der Waals surface area contributed by atoms with Gasteiger partial charge in [-0.1, -0.05) is 6.08 Å². The monoisotopic (exact) mass is 370 g/mol. The van der Waals surface area contributed by atoms with Gasteiger partial charge >= 0.3 is 5.97 Å². The number of allylic oxidation sites excluding steroid dienone is 1. The smallest absolute Gasteiger partial charge is 0.313 e. The molecule has 27 heavy (non-hydrogen) atoms. The first-order valence-electron chi connectivity index (χ1n) is 8.73. The van der Waals surface area contributed by atoms with Crippen molar-refractivity contribution < 1.29 is 9.53 Å². The number of esters is 1. The average molecular weight is 370 g/mol. The molecule has 0 saturated heterocycles. The summed E-state index contributed by atoms with van der Waals surface area (Å²) in [6, 6.07) is 4.97. The fourth-order valence-corrected chi connectivity index (χ4v) is 2.65. The quantitative estimate of drug-likeness (QED) is 0.209. The Balaban J connectivity index is 2.28. The lowest BCUT2D eigenvalue weighted by molar-refractivity contribution is -0.142. The van der Waals surface area contributed by atoms with E-state index in [4.69, 9.17) is 21.6 Å². The van der Waals surface area contributed by atoms with Gasteiger partial charge in [0.1, 0.15) is 18.1 Å². The van der Waals surface area contributed by atoms with Crippen molar-refractivity contribution in [3.05, 3.63) is 47.1 Å². The van der Waals surface area contributed by atoms with E-state index in [-0.39, 0.29) is 24.3 Å². The summed E-state index contributed by atoms with van der Waals surface area (Å²) in [5.41, 5.74) is 15.0. The third-order valence-electron chi connectivity index (χ3n) is 3.92. The van der Waals surface area contributed by atoms with E-state index in [1.165, 1.54) is 0 Å². The number of nitrogens with two attached hydrogens (primary N) is 2. The van der Waals surface area contributed by atoms with Crippen LogP contribution in [0.25, 0.3) is 6.08 Å². The zero-order valence-electron chi connectivity index (χ0n) is 15.8. The summed E-state index contributed by atoms with van der Waals surface area (Å²) in [5, 5.41) is 10.9. The van der Waals surface area contributed by atoms with Crippen molar-refractivity contribution in [2.75, 3.05) is 17.7 Å². The lowest BCUT2D eigenvalue weighted by Gasteiger charge is -2.17. The van der Waals surface area contributed by atoms with Crippen LogP contribution in [0.2, 0.25) is 0 Å². The Labute approximate surface area is 158 Å². The van der Waals surface area contributed by atoms with Gasteiger partial charge in [0.2, 0.25) is 0 Å². The van der Waals surface area contributed by atoms with Gasteiger partial charge in [0.15, 0.2) is 0 Å². The highest BCUT2D eigenvalue weighted by molar-refractivity contribution is 5.96. The van der Waals surface area contributed by atoms with Gasteiger partial charge in [-0.3, -0.25) is 10.2 Å². The number of ether oxygens (including phenoxy) is 1. The number of aromatic nitrogens is 2. The van der Waals surface area contributed by atoms with Crippen LogP contribution in [-0.2, 0) is 16.0 Å². The third-order valence-corrected chi connectivity index (χ3v) is 3.92. The van der Waals surface area contributed by atoms with Crippen LogP contribution in [0.4, 0.5) is 11.4 Å². The van der Waals surface area contributed by atoms with Crippen molar-refractivity contribution >= 4 is 29.3 Å². The van der Waals surface area contributed by atoms with Gasteiger partial charge in [-0.25, -0.2) is 4.98 Å². The number of nitrogens with one attached hydrogen (secondary N) is 3. The van der Waals surface area contributed by atoms with Gasteiger partial charge in [-0.2, -0.15) is 0 Å². The number of nitrogen functional groups attached to an aromatic ring is 2. The van der Waals surface area contributed by atoms with Crippen LogP contribution in [-0.4, -0.2) is 28.4 Å². The lowest BCUT2D eigenvalue weighted by atomic mass is 10.1. The zero-order valence-corrected chi connectivity index (χ0v) is 15.8. The molecule has 7 N–H and O–H groups in total. The van der Waals surface area contributed by atoms with E-state index in [2.05, 4.69) is 15.3 Å². The molecule has 0 bridgehead atoms. The SMILES string of the molecule is C/C=C\c1nc(CC(=O)OCC)[nH]c1C(C)Nc1cc(C(=N)N)ccc1N. The van der Waals surface area contributed by atoms with Crippen LogP contribution in [0, 0.1) is 5.41 Å². The van der Waals surface area contributed by atoms with E-state index >= 15 is 0 Å². The molecule has 1 heterocycles. The molecule has 0 fully saturated rings. The number of H-pyrrole nitrogens is 1. The first-order valence-corrected chi connectivity index (χ1v) is 8.73. The standard InChI is InChI=1S/C19H26N6O2/c1-4-6-14-18(25-16(24-14)10-17(26)27-5-2)11(3)23-15-9-12(19(21)22)7-8-13(15)20/h4,6-9,11,23H,5,10,20H2,1-3H3,(H3,21,22)(H,24,25)/b6-4-. The number of hydrogen-bond acceptors (Lipinski definition) is 6. The number of nitrogens with zero attached hydrogens (tertiary/aromatic N) is 1. The molecule has 0 saturated carbocycles. The molecule has 2 aromatic rings. The molecule has 8 nitrogen and oxygen atoms in total. The lowest BCUT2D eigenvalue weighted by Crippen LogP contribution is -2.14. The van der Waals surface area contributed by atoms with Gasteiger partial charge in [-0.05, 0) is 45.0 Å². The van der Waals surface area contributed by atoms with Crippen molar-refractivity contribution in [1.82, 2.24) is 9.97 Å². The number of carbonyl (C=O) groups excluding carboxylic acids is 1. The number of aromatic amines is 1. The predicted octanol–water partition coefficient (Wildman–Crippen LogP) is 2.59. The Morgan fingerprint density at radius 1 is 1.48 bits per heavy atom. The maximum absolute atomic E-state index is 11.7. The van der Waals surface area contributed by atoms with Gasteiger partial charge in [-0.15, -0.1) is 0 Å². The molecule has 1 atom stereocenters. The first-order chi connectivity index (χ1) is 12.8. The predicted molar refractivity (Wildman–Crippen MR) is 108 cm³/mol. The van der Waals surface area contributed by atoms with Gasteiger partial charge in [0.25, 0.3) is 0 Å². The number of hydrogen-bond donors (Lipinski definition) is 5. The third kappa shape index (κ3) is 5.10. The second-order valence-electron chi connectivity index (χ2n) is 6.05. The number of carbonyl (C=O) groups is 1. The van der Waals surface area contributed by atoms with Crippen LogP contribution < -0.4 is 16.8 Å². The van der Waals surface area contributed by atoms with Crippen molar-refractivity contribution in [3.63, 3.8) is 0 Å². The summed E-state index contributed by atoms with van der Waals surface area (Å²) in [4.78, 5) is 19.4. The minimum Gasteiger partial charge on any atom is -0.466 e. The molecule has 0 aliphatic carbocycles. The van der Waals surface area contributed by atoms with Gasteiger partial charge in [0, 0.05) is 5.56 Å². The highest BCUT2D eigenvalue weighted by Gasteiger charge is 2.18. The molecule has 0 radical (unpaired) electrons. The van der Waals surface area contributed by atoms with Crippen molar-refractivity contribution in [3.8, 4) is 0 Å². The molecule has 2 rings (SSSR count). The zero-order chi connectivity index (χ0) is 20.0. The molecule has 144 valence electrons. The highest BCUT2D eigenvalue weighted by Crippen LogP contribution is 2.27. The van der Waals surface area contributed by atoms with Crippen molar-refractivity contribution in [1.29, 1.82) is 5.41 Å². The van der Waals surface area contributed by atoms with Gasteiger partial charge < -0.3 is 26.5 Å². The minimum absolute atomic E-state index is 0.0291. The summed E-state index contributed by atoms with van der Waals surface area (Å²) in [6.07, 6.45) is 3.83. The Morgan fingerprint density at radius 2 is 2.22 bits per heavy atom. The molecular formula is C19H26N6O2. The Hall–Kier alpha value is -3.29.